The van der Waals surface area contributed by atoms with Gasteiger partial charge in [0.25, 0.3) is 10.0 Å². The first-order valence-electron chi connectivity index (χ1n) is 5.99. The summed E-state index contributed by atoms with van der Waals surface area (Å²) in [5, 5.41) is 3.41. The van der Waals surface area contributed by atoms with Gasteiger partial charge in [-0.2, -0.15) is 8.42 Å². The number of hydrogen-bond acceptors (Lipinski definition) is 3. The van der Waals surface area contributed by atoms with Gasteiger partial charge in [0.15, 0.2) is 0 Å². The van der Waals surface area contributed by atoms with Crippen LogP contribution in [0, 0.1) is 0 Å². The molecule has 0 aromatic heterocycles. The molecule has 2 aromatic carbocycles. The summed E-state index contributed by atoms with van der Waals surface area (Å²) in [7, 11) is -3.69. The topological polar surface area (TPSA) is 58.5 Å². The van der Waals surface area contributed by atoms with Crippen LogP contribution in [0.4, 0.5) is 5.69 Å². The van der Waals surface area contributed by atoms with E-state index in [1.54, 1.807) is 12.1 Å². The Kier molecular flexibility index (Phi) is 3.23. The third kappa shape index (κ3) is 2.55. The molecule has 0 saturated carbocycles. The Bertz CT molecular complexity index is 786. The molecule has 102 valence electrons. The number of nitrogens with one attached hydrogen (secondary N) is 1. The fraction of sp³-hybridized carbons (Fsp3) is 0.0714. The lowest BCUT2D eigenvalue weighted by molar-refractivity contribution is 0.597. The van der Waals surface area contributed by atoms with Crippen molar-refractivity contribution in [1.82, 2.24) is 0 Å². The quantitative estimate of drug-likeness (QED) is 0.927. The van der Waals surface area contributed by atoms with Crippen molar-refractivity contribution in [3.8, 4) is 0 Å². The Morgan fingerprint density at radius 2 is 1.85 bits per heavy atom. The number of benzene rings is 2. The molecule has 1 aliphatic heterocycles. The van der Waals surface area contributed by atoms with Crippen LogP contribution in [0.1, 0.15) is 5.56 Å². The van der Waals surface area contributed by atoms with E-state index >= 15 is 0 Å². The van der Waals surface area contributed by atoms with Crippen molar-refractivity contribution in [2.75, 3.05) is 5.32 Å². The van der Waals surface area contributed by atoms with Gasteiger partial charge in [-0.25, -0.2) is 0 Å². The van der Waals surface area contributed by atoms with Crippen molar-refractivity contribution in [3.05, 3.63) is 59.1 Å². The van der Waals surface area contributed by atoms with Crippen molar-refractivity contribution >= 4 is 33.1 Å². The van der Waals surface area contributed by atoms with E-state index in [4.69, 9.17) is 11.6 Å². The summed E-state index contributed by atoms with van der Waals surface area (Å²) in [5.41, 5.74) is 1.50. The molecule has 0 spiro atoms. The van der Waals surface area contributed by atoms with Gasteiger partial charge >= 0.3 is 0 Å². The maximum atomic E-state index is 12.1. The minimum Gasteiger partial charge on any atom is -0.342 e. The highest BCUT2D eigenvalue weighted by Gasteiger charge is 2.24. The van der Waals surface area contributed by atoms with Crippen molar-refractivity contribution < 1.29 is 8.42 Å². The van der Waals surface area contributed by atoms with E-state index in [9.17, 15) is 8.42 Å². The van der Waals surface area contributed by atoms with Crippen LogP contribution >= 0.6 is 11.6 Å². The van der Waals surface area contributed by atoms with Gasteiger partial charge < -0.3 is 5.32 Å². The first-order valence-corrected chi connectivity index (χ1v) is 7.81. The third-order valence-corrected chi connectivity index (χ3v) is 4.53. The molecule has 0 saturated heterocycles. The molecule has 0 bridgehead atoms. The number of nitrogens with zero attached hydrogens (tertiary/aromatic N) is 1. The molecule has 0 fully saturated rings. The second-order valence-electron chi connectivity index (χ2n) is 4.44. The van der Waals surface area contributed by atoms with Gasteiger partial charge in [0, 0.05) is 11.4 Å². The minimum atomic E-state index is -3.69. The normalized spacial score (nSPS) is 15.9. The fourth-order valence-electron chi connectivity index (χ4n) is 2.05. The Labute approximate surface area is 122 Å². The number of halogens is 1. The van der Waals surface area contributed by atoms with Gasteiger partial charge in [0.1, 0.15) is 10.7 Å². The summed E-state index contributed by atoms with van der Waals surface area (Å²) in [6.45, 7) is 0. The third-order valence-electron chi connectivity index (χ3n) is 2.95. The highest BCUT2D eigenvalue weighted by atomic mass is 35.5. The number of hydrogen-bond donors (Lipinski definition) is 1. The van der Waals surface area contributed by atoms with Gasteiger partial charge in [-0.05, 0) is 23.8 Å². The molecule has 0 unspecified atom stereocenters. The van der Waals surface area contributed by atoms with E-state index in [0.29, 0.717) is 23.0 Å². The summed E-state index contributed by atoms with van der Waals surface area (Å²) in [6.07, 6.45) is 0.433. The molecule has 2 aromatic rings. The summed E-state index contributed by atoms with van der Waals surface area (Å²) in [4.78, 5) is 0.113. The molecular formula is C14H11ClN2O2S. The lowest BCUT2D eigenvalue weighted by atomic mass is 10.1. The number of rotatable bonds is 2. The average molecular weight is 307 g/mol. The molecule has 20 heavy (non-hydrogen) atoms. The number of anilines is 1. The van der Waals surface area contributed by atoms with E-state index in [-0.39, 0.29) is 4.90 Å². The molecule has 1 aliphatic rings. The van der Waals surface area contributed by atoms with Crippen molar-refractivity contribution in [1.29, 1.82) is 0 Å². The predicted octanol–water partition coefficient (Wildman–Crippen LogP) is 3.10. The first kappa shape index (κ1) is 13.1. The maximum Gasteiger partial charge on any atom is 0.286 e. The molecule has 1 N–H and O–H groups in total. The molecular weight excluding hydrogens is 296 g/mol. The molecule has 1 heterocycles. The predicted molar refractivity (Wildman–Crippen MR) is 79.8 cm³/mol. The zero-order valence-corrected chi connectivity index (χ0v) is 11.9. The second-order valence-corrected chi connectivity index (χ2v) is 6.45. The van der Waals surface area contributed by atoms with Crippen molar-refractivity contribution in [2.45, 2.75) is 11.3 Å². The van der Waals surface area contributed by atoms with Gasteiger partial charge in [-0.3, -0.25) is 0 Å². The first-order chi connectivity index (χ1) is 9.54. The van der Waals surface area contributed by atoms with Crippen LogP contribution in [0.2, 0.25) is 5.02 Å². The maximum absolute atomic E-state index is 12.1. The minimum absolute atomic E-state index is 0.113. The zero-order valence-electron chi connectivity index (χ0n) is 10.4. The van der Waals surface area contributed by atoms with Crippen LogP contribution in [-0.2, 0) is 16.4 Å². The van der Waals surface area contributed by atoms with Crippen LogP contribution < -0.4 is 5.32 Å². The molecule has 0 radical (unpaired) electrons. The Balaban J connectivity index is 1.98. The molecule has 0 amide bonds. The summed E-state index contributed by atoms with van der Waals surface area (Å²) in [6, 6.07) is 14.3. The van der Waals surface area contributed by atoms with E-state index in [1.807, 2.05) is 30.3 Å². The molecule has 4 nitrogen and oxygen atoms in total. The highest BCUT2D eigenvalue weighted by Crippen LogP contribution is 2.30. The van der Waals surface area contributed by atoms with E-state index in [2.05, 4.69) is 9.71 Å². The Morgan fingerprint density at radius 3 is 2.60 bits per heavy atom. The Hall–Kier alpha value is -1.85. The smallest absolute Gasteiger partial charge is 0.286 e. The monoisotopic (exact) mass is 306 g/mol. The Morgan fingerprint density at radius 1 is 1.10 bits per heavy atom. The molecule has 0 aliphatic carbocycles. The lowest BCUT2D eigenvalue weighted by Crippen LogP contribution is -2.23. The molecule has 3 rings (SSSR count). The largest absolute Gasteiger partial charge is 0.342 e. The van der Waals surface area contributed by atoms with Gasteiger partial charge in [-0.15, -0.1) is 4.40 Å². The van der Waals surface area contributed by atoms with Crippen molar-refractivity contribution in [2.24, 2.45) is 4.40 Å². The lowest BCUT2D eigenvalue weighted by Gasteiger charge is -2.18. The highest BCUT2D eigenvalue weighted by molar-refractivity contribution is 7.90. The van der Waals surface area contributed by atoms with Crippen LogP contribution in [0.5, 0.6) is 0 Å². The number of sulfonamides is 1. The summed E-state index contributed by atoms with van der Waals surface area (Å²) >= 11 is 5.83. The van der Waals surface area contributed by atoms with Crippen LogP contribution in [0.15, 0.2) is 57.8 Å². The SMILES string of the molecule is O=S1(=O)N=C(Cc2ccccc2)Nc2ccc(Cl)cc21. The van der Waals surface area contributed by atoms with Gasteiger partial charge in [0.2, 0.25) is 0 Å². The van der Waals surface area contributed by atoms with Crippen LogP contribution in [0.25, 0.3) is 0 Å². The van der Waals surface area contributed by atoms with Crippen LogP contribution in [0.3, 0.4) is 0 Å². The van der Waals surface area contributed by atoms with Crippen LogP contribution in [-0.4, -0.2) is 14.3 Å². The second kappa shape index (κ2) is 4.92. The van der Waals surface area contributed by atoms with E-state index in [1.165, 1.54) is 6.07 Å². The van der Waals surface area contributed by atoms with E-state index < -0.39 is 10.0 Å². The molecule has 6 heteroatoms. The van der Waals surface area contributed by atoms with Gasteiger partial charge in [-0.1, -0.05) is 41.9 Å². The fourth-order valence-corrected chi connectivity index (χ4v) is 3.46. The standard InChI is InChI=1S/C14H11ClN2O2S/c15-11-6-7-12-13(9-11)20(18,19)17-14(16-12)8-10-4-2-1-3-5-10/h1-7,9H,8H2,(H,16,17). The summed E-state index contributed by atoms with van der Waals surface area (Å²) < 4.78 is 28.1. The van der Waals surface area contributed by atoms with Crippen molar-refractivity contribution in [3.63, 3.8) is 0 Å². The number of fused-ring (bicyclic) bond motifs is 1. The molecule has 0 atom stereocenters. The average Bonchev–Trinajstić information content (AvgIpc) is 2.40. The number of amidine groups is 1. The van der Waals surface area contributed by atoms with E-state index in [0.717, 1.165) is 5.56 Å². The van der Waals surface area contributed by atoms with Gasteiger partial charge in [0.05, 0.1) is 5.69 Å². The zero-order chi connectivity index (χ0) is 14.2. The summed E-state index contributed by atoms with van der Waals surface area (Å²) in [5.74, 6) is 0.408.